The Kier molecular flexibility index (Phi) is 7.97. The fourth-order valence-corrected chi connectivity index (χ4v) is 11.2. The standard InChI is InChI=1S/C63H37N5O/c1-3-17-38(18-4-1)40-21-13-22-41(37-40)61-64-62(51-30-16-34-55-57(51)56-42(27-15-33-54(56)69-55)39-19-5-2-6-20-39)66-63(65-61)68-53-32-12-10-26-46(53)49-35-36-50-48-29-14-28-47-44-24-8-7-23-43(44)45-25-9-11-31-52(45)67(58(47)48)59(50)60(49)68/h1-37H. The maximum absolute atomic E-state index is 6.67. The van der Waals surface area contributed by atoms with Gasteiger partial charge in [-0.1, -0.05) is 194 Å². The second kappa shape index (κ2) is 14.6. The van der Waals surface area contributed by atoms with Crippen LogP contribution in [0.3, 0.4) is 0 Å². The number of benzene rings is 10. The summed E-state index contributed by atoms with van der Waals surface area (Å²) >= 11 is 0. The Morgan fingerprint density at radius 1 is 0.304 bits per heavy atom. The van der Waals surface area contributed by atoms with Gasteiger partial charge in [0, 0.05) is 54.6 Å². The predicted octanol–water partition coefficient (Wildman–Crippen LogP) is 16.3. The highest BCUT2D eigenvalue weighted by atomic mass is 16.3. The summed E-state index contributed by atoms with van der Waals surface area (Å²) in [6, 6.07) is 79.6. The molecule has 0 spiro atoms. The zero-order chi connectivity index (χ0) is 45.2. The average Bonchev–Trinajstić information content (AvgIpc) is 4.07. The molecule has 1 aliphatic heterocycles. The summed E-state index contributed by atoms with van der Waals surface area (Å²) in [7, 11) is 0. The van der Waals surface area contributed by atoms with E-state index in [2.05, 4.69) is 209 Å². The van der Waals surface area contributed by atoms with Crippen LogP contribution in [-0.2, 0) is 0 Å². The molecule has 320 valence electrons. The molecule has 0 bridgehead atoms. The molecule has 6 nitrogen and oxygen atoms in total. The fraction of sp³-hybridized carbons (Fsp3) is 0. The third kappa shape index (κ3) is 5.51. The largest absolute Gasteiger partial charge is 0.456 e. The van der Waals surface area contributed by atoms with Gasteiger partial charge in [-0.25, -0.2) is 4.98 Å². The molecule has 5 heterocycles. The van der Waals surface area contributed by atoms with E-state index in [1.807, 2.05) is 24.3 Å². The maximum Gasteiger partial charge on any atom is 0.238 e. The van der Waals surface area contributed by atoms with Crippen LogP contribution in [0.15, 0.2) is 229 Å². The van der Waals surface area contributed by atoms with Crippen LogP contribution in [0.2, 0.25) is 0 Å². The van der Waals surface area contributed by atoms with E-state index in [1.165, 1.54) is 33.2 Å². The van der Waals surface area contributed by atoms with E-state index in [1.54, 1.807) is 0 Å². The van der Waals surface area contributed by atoms with Crippen molar-refractivity contribution in [3.63, 3.8) is 0 Å². The zero-order valence-corrected chi connectivity index (χ0v) is 37.0. The first-order valence-electron chi connectivity index (χ1n) is 23.4. The number of fused-ring (bicyclic) bond motifs is 15. The van der Waals surface area contributed by atoms with Crippen LogP contribution in [0, 0.1) is 0 Å². The quantitative estimate of drug-likeness (QED) is 0.173. The summed E-state index contributed by atoms with van der Waals surface area (Å²) in [5.41, 5.74) is 18.0. The Balaban J connectivity index is 1.09. The lowest BCUT2D eigenvalue weighted by Crippen LogP contribution is -2.07. The second-order valence-electron chi connectivity index (χ2n) is 17.9. The van der Waals surface area contributed by atoms with E-state index >= 15 is 0 Å². The SMILES string of the molecule is c1ccc(-c2cccc(-c3nc(-c4cccc5oc6cccc(-c7ccccc7)c6c45)nc(-n4c5ccccc5c5ccc6c7cccc8c7n(c6c54)-c4ccccc4-c4ccccc4-8)n3)c2)cc1. The summed E-state index contributed by atoms with van der Waals surface area (Å²) in [5.74, 6) is 1.65. The lowest BCUT2D eigenvalue weighted by Gasteiger charge is -2.15. The van der Waals surface area contributed by atoms with Gasteiger partial charge in [0.15, 0.2) is 11.6 Å². The van der Waals surface area contributed by atoms with Crippen molar-refractivity contribution in [3.8, 4) is 78.9 Å². The Hall–Kier alpha value is -9.39. The molecule has 0 atom stereocenters. The summed E-state index contributed by atoms with van der Waals surface area (Å²) in [6.07, 6.45) is 0. The third-order valence-corrected chi connectivity index (χ3v) is 14.1. The molecule has 14 aromatic rings. The van der Waals surface area contributed by atoms with Gasteiger partial charge in [0.05, 0.1) is 27.8 Å². The molecule has 10 aromatic carbocycles. The summed E-state index contributed by atoms with van der Waals surface area (Å²) in [5, 5.41) is 6.56. The number of hydrogen-bond donors (Lipinski definition) is 0. The predicted molar refractivity (Wildman–Crippen MR) is 282 cm³/mol. The molecule has 0 saturated carbocycles. The van der Waals surface area contributed by atoms with Crippen molar-refractivity contribution in [1.29, 1.82) is 0 Å². The van der Waals surface area contributed by atoms with Crippen molar-refractivity contribution in [2.75, 3.05) is 0 Å². The Bertz CT molecular complexity index is 4430. The molecule has 1 aliphatic rings. The van der Waals surface area contributed by atoms with Crippen molar-refractivity contribution in [3.05, 3.63) is 224 Å². The molecule has 0 N–H and O–H groups in total. The van der Waals surface area contributed by atoms with Gasteiger partial charge < -0.3 is 8.98 Å². The molecular formula is C63H37N5O. The number of hydrogen-bond acceptors (Lipinski definition) is 4. The summed E-state index contributed by atoms with van der Waals surface area (Å²) in [4.78, 5) is 16.6. The molecule has 0 amide bonds. The molecule has 15 rings (SSSR count). The van der Waals surface area contributed by atoms with Crippen molar-refractivity contribution >= 4 is 65.6 Å². The van der Waals surface area contributed by atoms with Crippen LogP contribution in [0.5, 0.6) is 0 Å². The minimum Gasteiger partial charge on any atom is -0.456 e. The Labute approximate surface area is 395 Å². The van der Waals surface area contributed by atoms with Crippen molar-refractivity contribution < 1.29 is 4.42 Å². The Morgan fingerprint density at radius 3 is 1.64 bits per heavy atom. The minimum absolute atomic E-state index is 0.523. The number of furan rings is 1. The fourth-order valence-electron chi connectivity index (χ4n) is 11.2. The average molecular weight is 880 g/mol. The molecule has 4 aromatic heterocycles. The first-order chi connectivity index (χ1) is 34.2. The molecule has 0 unspecified atom stereocenters. The highest BCUT2D eigenvalue weighted by molar-refractivity contribution is 6.26. The van der Waals surface area contributed by atoms with E-state index in [9.17, 15) is 0 Å². The van der Waals surface area contributed by atoms with Gasteiger partial charge in [-0.15, -0.1) is 0 Å². The third-order valence-electron chi connectivity index (χ3n) is 14.1. The van der Waals surface area contributed by atoms with E-state index in [0.717, 1.165) is 93.7 Å². The van der Waals surface area contributed by atoms with Gasteiger partial charge >= 0.3 is 0 Å². The first kappa shape index (κ1) is 37.8. The van der Waals surface area contributed by atoms with Gasteiger partial charge in [0.2, 0.25) is 5.95 Å². The van der Waals surface area contributed by atoms with Crippen molar-refractivity contribution in [1.82, 2.24) is 24.1 Å². The summed E-state index contributed by atoms with van der Waals surface area (Å²) < 4.78 is 11.5. The molecule has 69 heavy (non-hydrogen) atoms. The molecular weight excluding hydrogens is 843 g/mol. The lowest BCUT2D eigenvalue weighted by molar-refractivity contribution is 0.669. The number of para-hydroxylation sites is 3. The highest BCUT2D eigenvalue weighted by Gasteiger charge is 2.29. The van der Waals surface area contributed by atoms with Crippen LogP contribution in [-0.4, -0.2) is 24.1 Å². The van der Waals surface area contributed by atoms with Crippen LogP contribution >= 0.6 is 0 Å². The molecule has 0 aliphatic carbocycles. The normalized spacial score (nSPS) is 12.1. The maximum atomic E-state index is 6.67. The van der Waals surface area contributed by atoms with Crippen LogP contribution in [0.4, 0.5) is 0 Å². The lowest BCUT2D eigenvalue weighted by atomic mass is 9.94. The second-order valence-corrected chi connectivity index (χ2v) is 17.9. The van der Waals surface area contributed by atoms with Gasteiger partial charge in [0.1, 0.15) is 11.2 Å². The van der Waals surface area contributed by atoms with Crippen LogP contribution in [0.1, 0.15) is 0 Å². The first-order valence-corrected chi connectivity index (χ1v) is 23.4. The van der Waals surface area contributed by atoms with Crippen molar-refractivity contribution in [2.24, 2.45) is 0 Å². The van der Waals surface area contributed by atoms with Gasteiger partial charge in [-0.2, -0.15) is 9.97 Å². The summed E-state index contributed by atoms with van der Waals surface area (Å²) in [6.45, 7) is 0. The van der Waals surface area contributed by atoms with Crippen LogP contribution < -0.4 is 0 Å². The van der Waals surface area contributed by atoms with Crippen LogP contribution in [0.25, 0.3) is 144 Å². The smallest absolute Gasteiger partial charge is 0.238 e. The van der Waals surface area contributed by atoms with E-state index in [-0.39, 0.29) is 0 Å². The minimum atomic E-state index is 0.523. The van der Waals surface area contributed by atoms with Gasteiger partial charge in [0.25, 0.3) is 0 Å². The van der Waals surface area contributed by atoms with Gasteiger partial charge in [-0.05, 0) is 63.7 Å². The topological polar surface area (TPSA) is 61.7 Å². The molecule has 0 saturated heterocycles. The molecule has 6 heteroatoms. The number of aromatic nitrogens is 5. The monoisotopic (exact) mass is 879 g/mol. The van der Waals surface area contributed by atoms with E-state index < -0.39 is 0 Å². The van der Waals surface area contributed by atoms with Crippen molar-refractivity contribution in [2.45, 2.75) is 0 Å². The zero-order valence-electron chi connectivity index (χ0n) is 37.0. The van der Waals surface area contributed by atoms with E-state index in [0.29, 0.717) is 17.6 Å². The van der Waals surface area contributed by atoms with Gasteiger partial charge in [-0.3, -0.25) is 4.57 Å². The Morgan fingerprint density at radius 2 is 0.826 bits per heavy atom. The number of nitrogens with zero attached hydrogens (tertiary/aromatic N) is 5. The van der Waals surface area contributed by atoms with E-state index in [4.69, 9.17) is 19.4 Å². The number of rotatable bonds is 5. The highest BCUT2D eigenvalue weighted by Crippen LogP contribution is 2.49. The molecule has 0 fully saturated rings. The molecule has 0 radical (unpaired) electrons.